The Morgan fingerprint density at radius 2 is 2.03 bits per heavy atom. The van der Waals surface area contributed by atoms with Crippen LogP contribution in [0.25, 0.3) is 0 Å². The van der Waals surface area contributed by atoms with Gasteiger partial charge in [0.05, 0.1) is 25.1 Å². The summed E-state index contributed by atoms with van der Waals surface area (Å²) in [4.78, 5) is 11.2. The molecular weight excluding hydrogens is 376 g/mol. The summed E-state index contributed by atoms with van der Waals surface area (Å²) >= 11 is 0. The molecule has 0 saturated heterocycles. The van der Waals surface area contributed by atoms with Gasteiger partial charge in [0.1, 0.15) is 6.29 Å². The van der Waals surface area contributed by atoms with Crippen LogP contribution in [-0.4, -0.2) is 37.3 Å². The van der Waals surface area contributed by atoms with E-state index in [1.54, 1.807) is 12.7 Å². The van der Waals surface area contributed by atoms with Gasteiger partial charge in [-0.05, 0) is 60.6 Å². The number of carbonyl (C=O) groups is 1. The van der Waals surface area contributed by atoms with Gasteiger partial charge in [-0.2, -0.15) is 0 Å². The van der Waals surface area contributed by atoms with Gasteiger partial charge in [-0.1, -0.05) is 36.8 Å². The predicted octanol–water partition coefficient (Wildman–Crippen LogP) is 4.79. The molecule has 0 spiro atoms. The second-order valence-corrected chi connectivity index (χ2v) is 9.91. The molecule has 2 unspecified atom stereocenters. The highest BCUT2D eigenvalue weighted by Gasteiger charge is 2.62. The monoisotopic (exact) mass is 408 g/mol. The lowest BCUT2D eigenvalue weighted by molar-refractivity contribution is -0.128. The van der Waals surface area contributed by atoms with Crippen LogP contribution >= 0.6 is 0 Å². The normalized spacial score (nSPS) is 37.6. The lowest BCUT2D eigenvalue weighted by Crippen LogP contribution is -2.53. The quantitative estimate of drug-likeness (QED) is 0.728. The molecule has 4 nitrogen and oxygen atoms in total. The number of fused-ring (bicyclic) bond motifs is 4. The molecule has 2 fully saturated rings. The van der Waals surface area contributed by atoms with E-state index in [-0.39, 0.29) is 11.3 Å². The molecule has 1 aromatic rings. The van der Waals surface area contributed by atoms with Crippen molar-refractivity contribution in [2.75, 3.05) is 20.3 Å². The zero-order valence-corrected chi connectivity index (χ0v) is 18.0. The van der Waals surface area contributed by atoms with E-state index in [0.29, 0.717) is 24.0 Å². The van der Waals surface area contributed by atoms with Crippen molar-refractivity contribution in [3.63, 3.8) is 0 Å². The van der Waals surface area contributed by atoms with Crippen LogP contribution in [0.3, 0.4) is 0 Å². The molecular formula is C26H32O4. The second-order valence-electron chi connectivity index (χ2n) is 9.91. The molecule has 3 aliphatic carbocycles. The third kappa shape index (κ3) is 2.84. The largest absolute Gasteiger partial charge is 0.501 e. The first-order valence-electron chi connectivity index (χ1n) is 11.3. The third-order valence-corrected chi connectivity index (χ3v) is 8.65. The van der Waals surface area contributed by atoms with Crippen molar-refractivity contribution in [1.82, 2.24) is 0 Å². The van der Waals surface area contributed by atoms with Gasteiger partial charge in [-0.15, -0.1) is 0 Å². The smallest absolute Gasteiger partial charge is 0.150 e. The Kier molecular flexibility index (Phi) is 4.90. The van der Waals surface area contributed by atoms with E-state index in [9.17, 15) is 9.90 Å². The van der Waals surface area contributed by atoms with Gasteiger partial charge >= 0.3 is 0 Å². The maximum atomic E-state index is 11.7. The summed E-state index contributed by atoms with van der Waals surface area (Å²) in [7, 11) is 1.69. The number of allylic oxidation sites excluding steroid dienone is 2. The van der Waals surface area contributed by atoms with Crippen LogP contribution < -0.4 is 0 Å². The number of carbonyl (C=O) groups excluding carboxylic acids is 1. The molecule has 0 radical (unpaired) electrons. The standard InChI is InChI=1S/C26H32O4/c1-25-13-22(18-5-3-17(14-27)4-6-18)24-20-10-12-30-15-19(20)7-8-21(24)23(25)9-11-26(25,28)16-29-2/h3-6,14-15,21-23,28H,7-13,16H2,1-2H3/t21?,22-,23?,25+,26-/m1/s1. The number of rotatable bonds is 4. The number of aldehydes is 1. The Labute approximate surface area is 179 Å². The maximum absolute atomic E-state index is 11.7. The van der Waals surface area contributed by atoms with Crippen LogP contribution in [0, 0.1) is 17.3 Å². The van der Waals surface area contributed by atoms with Gasteiger partial charge in [0.15, 0.2) is 0 Å². The summed E-state index contributed by atoms with van der Waals surface area (Å²) in [6.45, 7) is 3.45. The zero-order valence-electron chi connectivity index (χ0n) is 18.0. The Bertz CT molecular complexity index is 898. The molecule has 4 heteroatoms. The van der Waals surface area contributed by atoms with Crippen LogP contribution in [0.1, 0.15) is 67.3 Å². The maximum Gasteiger partial charge on any atom is 0.150 e. The molecule has 5 atom stereocenters. The molecule has 5 rings (SSSR count). The van der Waals surface area contributed by atoms with Crippen LogP contribution in [0.15, 0.2) is 47.2 Å². The summed E-state index contributed by atoms with van der Waals surface area (Å²) in [5.41, 5.74) is 5.46. The molecule has 1 aliphatic heterocycles. The Morgan fingerprint density at radius 1 is 1.23 bits per heavy atom. The lowest BCUT2D eigenvalue weighted by atomic mass is 9.51. The van der Waals surface area contributed by atoms with Crippen molar-refractivity contribution in [3.8, 4) is 0 Å². The highest BCUT2D eigenvalue weighted by Crippen LogP contribution is 2.66. The predicted molar refractivity (Wildman–Crippen MR) is 115 cm³/mol. The molecule has 30 heavy (non-hydrogen) atoms. The third-order valence-electron chi connectivity index (χ3n) is 8.65. The van der Waals surface area contributed by atoms with E-state index < -0.39 is 5.60 Å². The van der Waals surface area contributed by atoms with E-state index in [1.165, 1.54) is 16.7 Å². The molecule has 1 N–H and O–H groups in total. The van der Waals surface area contributed by atoms with E-state index in [4.69, 9.17) is 9.47 Å². The molecule has 0 aromatic heterocycles. The van der Waals surface area contributed by atoms with Gasteiger partial charge < -0.3 is 14.6 Å². The highest BCUT2D eigenvalue weighted by atomic mass is 16.5. The van der Waals surface area contributed by atoms with Crippen molar-refractivity contribution >= 4 is 6.29 Å². The molecule has 0 amide bonds. The summed E-state index contributed by atoms with van der Waals surface area (Å²) in [5.74, 6) is 1.24. The van der Waals surface area contributed by atoms with Gasteiger partial charge in [0.25, 0.3) is 0 Å². The fourth-order valence-electron chi connectivity index (χ4n) is 7.11. The molecule has 2 saturated carbocycles. The Morgan fingerprint density at radius 3 is 2.77 bits per heavy atom. The minimum absolute atomic E-state index is 0.182. The van der Waals surface area contributed by atoms with E-state index in [0.717, 1.165) is 51.4 Å². The van der Waals surface area contributed by atoms with E-state index in [1.807, 2.05) is 18.4 Å². The van der Waals surface area contributed by atoms with Crippen LogP contribution in [0.4, 0.5) is 0 Å². The lowest BCUT2D eigenvalue weighted by Gasteiger charge is -2.54. The number of hydrogen-bond donors (Lipinski definition) is 1. The molecule has 1 heterocycles. The average molecular weight is 409 g/mol. The first kappa shape index (κ1) is 20.0. The number of methoxy groups -OCH3 is 1. The minimum atomic E-state index is -0.782. The summed E-state index contributed by atoms with van der Waals surface area (Å²) in [6, 6.07) is 8.09. The van der Waals surface area contributed by atoms with Crippen molar-refractivity contribution in [3.05, 3.63) is 58.4 Å². The minimum Gasteiger partial charge on any atom is -0.501 e. The number of aliphatic hydroxyl groups is 1. The fraction of sp³-hybridized carbons (Fsp3) is 0.577. The van der Waals surface area contributed by atoms with Gasteiger partial charge in [0.2, 0.25) is 0 Å². The summed E-state index contributed by atoms with van der Waals surface area (Å²) < 4.78 is 11.2. The van der Waals surface area contributed by atoms with Crippen LogP contribution in [0.2, 0.25) is 0 Å². The Balaban J connectivity index is 1.65. The van der Waals surface area contributed by atoms with Crippen LogP contribution in [0.5, 0.6) is 0 Å². The van der Waals surface area contributed by atoms with Crippen molar-refractivity contribution in [1.29, 1.82) is 0 Å². The van der Waals surface area contributed by atoms with E-state index >= 15 is 0 Å². The molecule has 1 aromatic carbocycles. The van der Waals surface area contributed by atoms with Gasteiger partial charge in [-0.25, -0.2) is 0 Å². The number of benzene rings is 1. The van der Waals surface area contributed by atoms with E-state index in [2.05, 4.69) is 19.1 Å². The number of ether oxygens (including phenoxy) is 2. The van der Waals surface area contributed by atoms with Crippen LogP contribution in [-0.2, 0) is 9.47 Å². The molecule has 0 bridgehead atoms. The second kappa shape index (κ2) is 7.35. The van der Waals surface area contributed by atoms with Crippen molar-refractivity contribution in [2.24, 2.45) is 17.3 Å². The van der Waals surface area contributed by atoms with Gasteiger partial charge in [0, 0.05) is 30.4 Å². The fourth-order valence-corrected chi connectivity index (χ4v) is 7.11. The van der Waals surface area contributed by atoms with Gasteiger partial charge in [-0.3, -0.25) is 4.79 Å². The van der Waals surface area contributed by atoms with Crippen molar-refractivity contribution in [2.45, 2.75) is 57.0 Å². The number of hydrogen-bond acceptors (Lipinski definition) is 4. The summed E-state index contributed by atoms with van der Waals surface area (Å²) in [6.07, 6.45) is 8.84. The first-order valence-corrected chi connectivity index (χ1v) is 11.3. The Hall–Kier alpha value is -1.91. The summed E-state index contributed by atoms with van der Waals surface area (Å²) in [5, 5.41) is 11.7. The van der Waals surface area contributed by atoms with Crippen molar-refractivity contribution < 1.29 is 19.4 Å². The SMILES string of the molecule is COC[C@]1(O)CCC2C3CCC4=COCCC4=C3[C@@H](c3ccc(C=O)cc3)C[C@@]21C. The molecule has 160 valence electrons. The zero-order chi connectivity index (χ0) is 20.9. The first-order chi connectivity index (χ1) is 14.5. The average Bonchev–Trinajstić information content (AvgIpc) is 3.03. The highest BCUT2D eigenvalue weighted by molar-refractivity contribution is 5.74. The molecule has 4 aliphatic rings. The topological polar surface area (TPSA) is 55.8 Å².